The number of rotatable bonds is 8. The molecule has 1 heterocycles. The molecule has 4 nitrogen and oxygen atoms in total. The van der Waals surface area contributed by atoms with Crippen LogP contribution in [0.1, 0.15) is 17.4 Å². The number of thiophene rings is 1. The van der Waals surface area contributed by atoms with Crippen molar-refractivity contribution in [3.8, 4) is 11.1 Å². The average Bonchev–Trinajstić information content (AvgIpc) is 3.21. The van der Waals surface area contributed by atoms with Gasteiger partial charge in [-0.2, -0.15) is 0 Å². The highest BCUT2D eigenvalue weighted by Crippen LogP contribution is 2.20. The van der Waals surface area contributed by atoms with Gasteiger partial charge in [-0.15, -0.1) is 11.3 Å². The Hall–Kier alpha value is -2.76. The van der Waals surface area contributed by atoms with Crippen LogP contribution >= 0.6 is 11.3 Å². The first kappa shape index (κ1) is 20.0. The van der Waals surface area contributed by atoms with Crippen LogP contribution in [0.25, 0.3) is 11.1 Å². The van der Waals surface area contributed by atoms with Crippen molar-refractivity contribution in [2.75, 3.05) is 0 Å². The fraction of sp³-hybridized carbons (Fsp3) is 0.217. The molecule has 1 aromatic heterocycles. The molecule has 2 unspecified atom stereocenters. The molecule has 0 radical (unpaired) electrons. The lowest BCUT2D eigenvalue weighted by Gasteiger charge is -2.20. The minimum atomic E-state index is -0.610. The van der Waals surface area contributed by atoms with Crippen LogP contribution in [0.3, 0.4) is 0 Å². The van der Waals surface area contributed by atoms with E-state index in [1.165, 1.54) is 5.56 Å². The van der Waals surface area contributed by atoms with E-state index in [2.05, 4.69) is 41.7 Å². The smallest absolute Gasteiger partial charge is 0.237 e. The number of hydrogen-bond donors (Lipinski definition) is 3. The predicted molar refractivity (Wildman–Crippen MR) is 117 cm³/mol. The van der Waals surface area contributed by atoms with E-state index in [1.54, 1.807) is 18.3 Å². The Balaban J connectivity index is 1.62. The van der Waals surface area contributed by atoms with Gasteiger partial charge in [-0.1, -0.05) is 60.7 Å². The molecule has 0 aliphatic rings. The first-order chi connectivity index (χ1) is 13.5. The van der Waals surface area contributed by atoms with Gasteiger partial charge >= 0.3 is 0 Å². The van der Waals surface area contributed by atoms with E-state index in [-0.39, 0.29) is 11.9 Å². The third kappa shape index (κ3) is 5.38. The predicted octanol–water partition coefficient (Wildman–Crippen LogP) is 4.05. The second kappa shape index (κ2) is 9.44. The van der Waals surface area contributed by atoms with Crippen LogP contribution in [0.4, 0.5) is 0 Å². The van der Waals surface area contributed by atoms with Crippen molar-refractivity contribution in [1.29, 1.82) is 5.41 Å². The third-order valence-electron chi connectivity index (χ3n) is 4.68. The molecule has 5 heteroatoms. The van der Waals surface area contributed by atoms with E-state index >= 15 is 0 Å². The molecule has 0 aliphatic carbocycles. The second-order valence-corrected chi connectivity index (χ2v) is 7.93. The molecule has 1 amide bonds. The molecule has 0 saturated carbocycles. The Morgan fingerprint density at radius 1 is 1.00 bits per heavy atom. The number of nitrogens with two attached hydrogens (primary N) is 1. The molecule has 3 rings (SSSR count). The molecule has 0 saturated heterocycles. The van der Waals surface area contributed by atoms with Crippen LogP contribution in [-0.4, -0.2) is 23.7 Å². The van der Waals surface area contributed by atoms with E-state index in [4.69, 9.17) is 11.1 Å². The Morgan fingerprint density at radius 2 is 1.68 bits per heavy atom. The minimum Gasteiger partial charge on any atom is -0.346 e. The molecule has 2 aromatic carbocycles. The largest absolute Gasteiger partial charge is 0.346 e. The van der Waals surface area contributed by atoms with Crippen molar-refractivity contribution in [2.45, 2.75) is 31.8 Å². The molecular weight excluding hydrogens is 366 g/mol. The highest BCUT2D eigenvalue weighted by atomic mass is 32.1. The van der Waals surface area contributed by atoms with Gasteiger partial charge in [0, 0.05) is 17.0 Å². The van der Waals surface area contributed by atoms with Gasteiger partial charge in [-0.05, 0) is 41.5 Å². The molecule has 0 spiro atoms. The normalized spacial score (nSPS) is 12.9. The van der Waals surface area contributed by atoms with Crippen LogP contribution in [0.15, 0.2) is 72.1 Å². The maximum atomic E-state index is 12.5. The summed E-state index contributed by atoms with van der Waals surface area (Å²) < 4.78 is 0. The average molecular weight is 392 g/mol. The lowest BCUT2D eigenvalue weighted by Crippen LogP contribution is -2.49. The maximum absolute atomic E-state index is 12.5. The van der Waals surface area contributed by atoms with Gasteiger partial charge in [0.25, 0.3) is 0 Å². The van der Waals surface area contributed by atoms with Gasteiger partial charge in [0.15, 0.2) is 0 Å². The van der Waals surface area contributed by atoms with E-state index in [1.807, 2.05) is 35.7 Å². The molecule has 0 bridgehead atoms. The second-order valence-electron chi connectivity index (χ2n) is 6.90. The van der Waals surface area contributed by atoms with E-state index in [0.29, 0.717) is 18.6 Å². The van der Waals surface area contributed by atoms with Crippen LogP contribution < -0.4 is 11.1 Å². The third-order valence-corrected chi connectivity index (χ3v) is 5.58. The van der Waals surface area contributed by atoms with Crippen molar-refractivity contribution in [1.82, 2.24) is 5.32 Å². The van der Waals surface area contributed by atoms with Gasteiger partial charge in [-0.3, -0.25) is 4.79 Å². The Morgan fingerprint density at radius 3 is 2.29 bits per heavy atom. The lowest BCUT2D eigenvalue weighted by atomic mass is 9.98. The van der Waals surface area contributed by atoms with Gasteiger partial charge in [0.1, 0.15) is 0 Å². The minimum absolute atomic E-state index is 0.217. The molecule has 3 aromatic rings. The zero-order chi connectivity index (χ0) is 19.9. The van der Waals surface area contributed by atoms with E-state index in [0.717, 1.165) is 16.0 Å². The van der Waals surface area contributed by atoms with Gasteiger partial charge in [-0.25, -0.2) is 0 Å². The highest BCUT2D eigenvalue weighted by molar-refractivity contribution is 7.09. The first-order valence-corrected chi connectivity index (χ1v) is 10.2. The molecule has 0 fully saturated rings. The number of nitrogens with one attached hydrogen (secondary N) is 2. The van der Waals surface area contributed by atoms with Gasteiger partial charge in [0.2, 0.25) is 5.91 Å². The summed E-state index contributed by atoms with van der Waals surface area (Å²) in [5.74, 6) is -0.217. The van der Waals surface area contributed by atoms with Crippen molar-refractivity contribution in [3.63, 3.8) is 0 Å². The summed E-state index contributed by atoms with van der Waals surface area (Å²) in [5.41, 5.74) is 9.87. The van der Waals surface area contributed by atoms with Crippen molar-refractivity contribution in [2.24, 2.45) is 5.73 Å². The van der Waals surface area contributed by atoms with E-state index < -0.39 is 6.04 Å². The molecule has 28 heavy (non-hydrogen) atoms. The zero-order valence-electron chi connectivity index (χ0n) is 15.9. The Bertz CT molecular complexity index is 905. The summed E-state index contributed by atoms with van der Waals surface area (Å²) in [6.07, 6.45) is 1.08. The molecule has 2 atom stereocenters. The first-order valence-electron chi connectivity index (χ1n) is 9.30. The zero-order valence-corrected chi connectivity index (χ0v) is 16.7. The fourth-order valence-corrected chi connectivity index (χ4v) is 3.79. The SMILES string of the molecule is CC(=N)C(Cc1ccc(-c2ccccc2)cc1)NC(=O)C(N)Cc1cccs1. The molecule has 144 valence electrons. The van der Waals surface area contributed by atoms with Gasteiger partial charge < -0.3 is 16.5 Å². The quantitative estimate of drug-likeness (QED) is 0.507. The maximum Gasteiger partial charge on any atom is 0.237 e. The standard InChI is InChI=1S/C23H25N3OS/c1-16(24)22(26-23(27)21(25)15-20-8-5-13-28-20)14-17-9-11-19(12-10-17)18-6-3-2-4-7-18/h2-13,21-22,24H,14-15,25H2,1H3,(H,26,27). The monoisotopic (exact) mass is 391 g/mol. The van der Waals surface area contributed by atoms with Crippen molar-refractivity contribution in [3.05, 3.63) is 82.6 Å². The summed E-state index contributed by atoms with van der Waals surface area (Å²) >= 11 is 1.59. The van der Waals surface area contributed by atoms with Crippen LogP contribution in [0.5, 0.6) is 0 Å². The van der Waals surface area contributed by atoms with E-state index in [9.17, 15) is 4.79 Å². The number of hydrogen-bond acceptors (Lipinski definition) is 4. The molecule has 4 N–H and O–H groups in total. The summed E-state index contributed by atoms with van der Waals surface area (Å²) in [4.78, 5) is 13.6. The topological polar surface area (TPSA) is 79.0 Å². The number of amides is 1. The Kier molecular flexibility index (Phi) is 6.74. The highest BCUT2D eigenvalue weighted by Gasteiger charge is 2.20. The fourth-order valence-electron chi connectivity index (χ4n) is 3.03. The van der Waals surface area contributed by atoms with Crippen molar-refractivity contribution < 1.29 is 4.79 Å². The summed E-state index contributed by atoms with van der Waals surface area (Å²) in [7, 11) is 0. The Labute approximate surface area is 169 Å². The van der Waals surface area contributed by atoms with Crippen LogP contribution in [-0.2, 0) is 17.6 Å². The number of benzene rings is 2. The number of carbonyl (C=O) groups is 1. The molecular formula is C23H25N3OS. The van der Waals surface area contributed by atoms with Gasteiger partial charge in [0.05, 0.1) is 12.1 Å². The summed E-state index contributed by atoms with van der Waals surface area (Å²) in [6.45, 7) is 1.72. The lowest BCUT2D eigenvalue weighted by molar-refractivity contribution is -0.122. The van der Waals surface area contributed by atoms with Crippen molar-refractivity contribution >= 4 is 23.0 Å². The summed E-state index contributed by atoms with van der Waals surface area (Å²) in [5, 5.41) is 13.0. The van der Waals surface area contributed by atoms with Crippen LogP contribution in [0.2, 0.25) is 0 Å². The molecule has 0 aliphatic heterocycles. The number of carbonyl (C=O) groups excluding carboxylic acids is 1. The summed E-state index contributed by atoms with van der Waals surface area (Å²) in [6, 6.07) is 21.4. The van der Waals surface area contributed by atoms with Crippen LogP contribution in [0, 0.1) is 5.41 Å².